The molecular weight excluding hydrogens is 264 g/mol. The fraction of sp³-hybridized carbons (Fsp3) is 0.357. The van der Waals surface area contributed by atoms with Gasteiger partial charge < -0.3 is 5.32 Å². The van der Waals surface area contributed by atoms with Crippen LogP contribution in [0.4, 0.5) is 0 Å². The molecule has 0 saturated carbocycles. The van der Waals surface area contributed by atoms with Crippen molar-refractivity contribution in [3.05, 3.63) is 51.4 Å². The van der Waals surface area contributed by atoms with Crippen LogP contribution in [0.1, 0.15) is 36.4 Å². The molecule has 0 amide bonds. The van der Waals surface area contributed by atoms with Crippen molar-refractivity contribution in [2.75, 3.05) is 6.54 Å². The second kappa shape index (κ2) is 6.32. The average molecular weight is 281 g/mol. The zero-order valence-electron chi connectivity index (χ0n) is 10.6. The lowest BCUT2D eigenvalue weighted by Gasteiger charge is -2.24. The Morgan fingerprint density at radius 3 is 2.78 bits per heavy atom. The quantitative estimate of drug-likeness (QED) is 0.886. The molecule has 0 aliphatic heterocycles. The van der Waals surface area contributed by atoms with E-state index in [9.17, 15) is 0 Å². The van der Waals surface area contributed by atoms with Gasteiger partial charge in [0.25, 0.3) is 0 Å². The van der Waals surface area contributed by atoms with E-state index in [1.807, 2.05) is 29.8 Å². The second-order valence-electron chi connectivity index (χ2n) is 4.21. The summed E-state index contributed by atoms with van der Waals surface area (Å²) < 4.78 is 0. The van der Waals surface area contributed by atoms with Crippen LogP contribution >= 0.6 is 22.9 Å². The van der Waals surface area contributed by atoms with Gasteiger partial charge in [-0.3, -0.25) is 4.98 Å². The summed E-state index contributed by atoms with van der Waals surface area (Å²) in [6, 6.07) is 8.21. The Hall–Kier alpha value is -0.900. The predicted octanol–water partition coefficient (Wildman–Crippen LogP) is 4.25. The molecule has 2 aromatic heterocycles. The first kappa shape index (κ1) is 13.5. The molecule has 96 valence electrons. The normalized spacial score (nSPS) is 14.4. The van der Waals surface area contributed by atoms with Crippen LogP contribution in [0.25, 0.3) is 0 Å². The van der Waals surface area contributed by atoms with Crippen LogP contribution in [0.15, 0.2) is 35.8 Å². The van der Waals surface area contributed by atoms with E-state index in [2.05, 4.69) is 30.2 Å². The molecule has 2 heterocycles. The first-order chi connectivity index (χ1) is 8.74. The monoisotopic (exact) mass is 280 g/mol. The van der Waals surface area contributed by atoms with Gasteiger partial charge in [-0.2, -0.15) is 0 Å². The molecular formula is C14H17ClN2S. The first-order valence-corrected chi connectivity index (χ1v) is 7.37. The topological polar surface area (TPSA) is 24.9 Å². The first-order valence-electron chi connectivity index (χ1n) is 6.11. The van der Waals surface area contributed by atoms with E-state index in [-0.39, 0.29) is 6.04 Å². The minimum Gasteiger partial charge on any atom is -0.309 e. The van der Waals surface area contributed by atoms with Gasteiger partial charge in [-0.05, 0) is 30.1 Å². The summed E-state index contributed by atoms with van der Waals surface area (Å²) in [5, 5.41) is 6.39. The van der Waals surface area contributed by atoms with Gasteiger partial charge in [-0.1, -0.05) is 31.5 Å². The molecule has 0 aliphatic carbocycles. The van der Waals surface area contributed by atoms with Crippen molar-refractivity contribution in [2.24, 2.45) is 0 Å². The van der Waals surface area contributed by atoms with Gasteiger partial charge in [-0.15, -0.1) is 11.3 Å². The molecule has 2 aromatic rings. The largest absolute Gasteiger partial charge is 0.309 e. The number of hydrogen-bond acceptors (Lipinski definition) is 3. The maximum Gasteiger partial charge on any atom is 0.0561 e. The van der Waals surface area contributed by atoms with E-state index in [4.69, 9.17) is 11.6 Å². The summed E-state index contributed by atoms with van der Waals surface area (Å²) in [7, 11) is 0. The fourth-order valence-corrected chi connectivity index (χ4v) is 3.41. The Labute approximate surface area is 117 Å². The highest BCUT2D eigenvalue weighted by atomic mass is 35.5. The van der Waals surface area contributed by atoms with Crippen LogP contribution in [-0.4, -0.2) is 11.5 Å². The van der Waals surface area contributed by atoms with E-state index < -0.39 is 0 Å². The van der Waals surface area contributed by atoms with Crippen molar-refractivity contribution < 1.29 is 0 Å². The molecule has 0 bridgehead atoms. The third-order valence-corrected chi connectivity index (χ3v) is 4.45. The summed E-state index contributed by atoms with van der Waals surface area (Å²) in [6.45, 7) is 5.21. The minimum atomic E-state index is 0.220. The molecule has 4 heteroatoms. The lowest BCUT2D eigenvalue weighted by Crippen LogP contribution is -2.25. The molecule has 2 atom stereocenters. The van der Waals surface area contributed by atoms with E-state index in [0.717, 1.165) is 17.3 Å². The Kier molecular flexibility index (Phi) is 4.75. The van der Waals surface area contributed by atoms with Crippen LogP contribution in [0.5, 0.6) is 0 Å². The van der Waals surface area contributed by atoms with Crippen LogP contribution in [-0.2, 0) is 0 Å². The third kappa shape index (κ3) is 2.91. The lowest BCUT2D eigenvalue weighted by atomic mass is 9.96. The number of hydrogen-bond donors (Lipinski definition) is 1. The van der Waals surface area contributed by atoms with Gasteiger partial charge in [0.05, 0.1) is 11.1 Å². The van der Waals surface area contributed by atoms with Crippen molar-refractivity contribution in [2.45, 2.75) is 25.8 Å². The van der Waals surface area contributed by atoms with Gasteiger partial charge in [0.15, 0.2) is 0 Å². The molecule has 2 unspecified atom stereocenters. The Bertz CT molecular complexity index is 484. The summed E-state index contributed by atoms with van der Waals surface area (Å²) in [5.41, 5.74) is 1.09. The average Bonchev–Trinajstić information content (AvgIpc) is 2.82. The molecule has 0 spiro atoms. The summed E-state index contributed by atoms with van der Waals surface area (Å²) >= 11 is 7.95. The van der Waals surface area contributed by atoms with Gasteiger partial charge in [0.1, 0.15) is 0 Å². The summed E-state index contributed by atoms with van der Waals surface area (Å²) in [5.74, 6) is 0.294. The summed E-state index contributed by atoms with van der Waals surface area (Å²) in [4.78, 5) is 5.63. The SMILES string of the molecule is CCNC(c1sccc1Cl)C(C)c1ccccn1. The highest BCUT2D eigenvalue weighted by Crippen LogP contribution is 2.36. The van der Waals surface area contributed by atoms with Crippen LogP contribution in [0, 0.1) is 0 Å². The van der Waals surface area contributed by atoms with E-state index in [1.54, 1.807) is 11.3 Å². The molecule has 0 saturated heterocycles. The van der Waals surface area contributed by atoms with Crippen molar-refractivity contribution in [1.82, 2.24) is 10.3 Å². The van der Waals surface area contributed by atoms with Crippen LogP contribution in [0.3, 0.4) is 0 Å². The second-order valence-corrected chi connectivity index (χ2v) is 5.57. The van der Waals surface area contributed by atoms with Crippen molar-refractivity contribution in [3.8, 4) is 0 Å². The molecule has 1 N–H and O–H groups in total. The summed E-state index contributed by atoms with van der Waals surface area (Å²) in [6.07, 6.45) is 1.84. The number of nitrogens with zero attached hydrogens (tertiary/aromatic N) is 1. The Balaban J connectivity index is 2.28. The van der Waals surface area contributed by atoms with Crippen molar-refractivity contribution in [3.63, 3.8) is 0 Å². The molecule has 0 aliphatic rings. The molecule has 2 rings (SSSR count). The van der Waals surface area contributed by atoms with Crippen LogP contribution in [0.2, 0.25) is 5.02 Å². The van der Waals surface area contributed by atoms with E-state index >= 15 is 0 Å². The minimum absolute atomic E-state index is 0.220. The zero-order valence-corrected chi connectivity index (χ0v) is 12.1. The Morgan fingerprint density at radius 2 is 2.22 bits per heavy atom. The van der Waals surface area contributed by atoms with Crippen LogP contribution < -0.4 is 5.32 Å². The van der Waals surface area contributed by atoms with E-state index in [0.29, 0.717) is 5.92 Å². The number of halogens is 1. The number of aromatic nitrogens is 1. The van der Waals surface area contributed by atoms with Gasteiger partial charge in [0.2, 0.25) is 0 Å². The highest BCUT2D eigenvalue weighted by molar-refractivity contribution is 7.10. The molecule has 18 heavy (non-hydrogen) atoms. The fourth-order valence-electron chi connectivity index (χ4n) is 2.06. The van der Waals surface area contributed by atoms with E-state index in [1.165, 1.54) is 4.88 Å². The lowest BCUT2D eigenvalue weighted by molar-refractivity contribution is 0.479. The van der Waals surface area contributed by atoms with Gasteiger partial charge in [-0.25, -0.2) is 0 Å². The molecule has 0 aromatic carbocycles. The van der Waals surface area contributed by atoms with Gasteiger partial charge >= 0.3 is 0 Å². The van der Waals surface area contributed by atoms with Crippen molar-refractivity contribution in [1.29, 1.82) is 0 Å². The number of thiophene rings is 1. The number of likely N-dealkylation sites (N-methyl/N-ethyl adjacent to an activating group) is 1. The Morgan fingerprint density at radius 1 is 1.39 bits per heavy atom. The highest BCUT2D eigenvalue weighted by Gasteiger charge is 2.23. The van der Waals surface area contributed by atoms with Gasteiger partial charge in [0, 0.05) is 22.7 Å². The number of rotatable bonds is 5. The predicted molar refractivity (Wildman–Crippen MR) is 78.4 cm³/mol. The standard InChI is InChI=1S/C14H17ClN2S/c1-3-16-13(14-11(15)7-9-18-14)10(2)12-6-4-5-8-17-12/h4-10,13,16H,3H2,1-2H3. The smallest absolute Gasteiger partial charge is 0.0561 e. The third-order valence-electron chi connectivity index (χ3n) is 3.01. The maximum absolute atomic E-state index is 6.25. The maximum atomic E-state index is 6.25. The number of nitrogens with one attached hydrogen (secondary N) is 1. The van der Waals surface area contributed by atoms with Crippen molar-refractivity contribution >= 4 is 22.9 Å². The number of pyridine rings is 1. The molecule has 0 radical (unpaired) electrons. The molecule has 2 nitrogen and oxygen atoms in total. The zero-order chi connectivity index (χ0) is 13.0. The molecule has 0 fully saturated rings.